The molecule has 6 atom stereocenters. The Labute approximate surface area is 137 Å². The topological polar surface area (TPSA) is 0 Å². The van der Waals surface area contributed by atoms with Crippen molar-refractivity contribution >= 4 is 0 Å². The van der Waals surface area contributed by atoms with Crippen LogP contribution >= 0.6 is 0 Å². The van der Waals surface area contributed by atoms with Crippen LogP contribution in [0.5, 0.6) is 0 Å². The molecule has 6 unspecified atom stereocenters. The maximum atomic E-state index is 2.66. The van der Waals surface area contributed by atoms with Crippen LogP contribution in [0.1, 0.15) is 72.6 Å². The average Bonchev–Trinajstić information content (AvgIpc) is 2.84. The summed E-state index contributed by atoms with van der Waals surface area (Å²) in [6.45, 7) is 9.98. The van der Waals surface area contributed by atoms with Crippen LogP contribution in [-0.4, -0.2) is 0 Å². The molecule has 4 aliphatic rings. The number of hydrogen-bond donors (Lipinski definition) is 0. The number of fused-ring (bicyclic) bond motifs is 5. The first-order valence-electron chi connectivity index (χ1n) is 9.92. The molecule has 0 saturated heterocycles. The monoisotopic (exact) mass is 298 g/mol. The Morgan fingerprint density at radius 3 is 2.73 bits per heavy atom. The van der Waals surface area contributed by atoms with E-state index in [1.807, 2.05) is 0 Å². The first kappa shape index (κ1) is 15.0. The van der Waals surface area contributed by atoms with Crippen molar-refractivity contribution in [3.05, 3.63) is 23.3 Å². The van der Waals surface area contributed by atoms with E-state index in [1.54, 1.807) is 11.1 Å². The van der Waals surface area contributed by atoms with E-state index >= 15 is 0 Å². The third kappa shape index (κ3) is 2.09. The van der Waals surface area contributed by atoms with Crippen molar-refractivity contribution < 1.29 is 0 Å². The van der Waals surface area contributed by atoms with Crippen molar-refractivity contribution in [2.45, 2.75) is 72.6 Å². The van der Waals surface area contributed by atoms with Crippen LogP contribution in [0.4, 0.5) is 0 Å². The van der Waals surface area contributed by atoms with Crippen LogP contribution in [0.15, 0.2) is 23.3 Å². The highest BCUT2D eigenvalue weighted by atomic mass is 14.6. The number of hydrogen-bond acceptors (Lipinski definition) is 0. The van der Waals surface area contributed by atoms with Crippen LogP contribution < -0.4 is 0 Å². The molecule has 4 rings (SSSR count). The molecule has 3 fully saturated rings. The molecule has 0 amide bonds. The van der Waals surface area contributed by atoms with Crippen LogP contribution in [-0.2, 0) is 0 Å². The minimum atomic E-state index is 0.652. The van der Waals surface area contributed by atoms with Gasteiger partial charge in [0.25, 0.3) is 0 Å². The summed E-state index contributed by atoms with van der Waals surface area (Å²) in [5, 5.41) is 0. The van der Waals surface area contributed by atoms with Crippen molar-refractivity contribution in [3.8, 4) is 0 Å². The fourth-order valence-corrected chi connectivity index (χ4v) is 7.10. The molecule has 0 aromatic rings. The molecule has 0 aromatic carbocycles. The zero-order valence-corrected chi connectivity index (χ0v) is 15.1. The summed E-state index contributed by atoms with van der Waals surface area (Å²) in [5.74, 6) is 5.56. The molecule has 0 radical (unpaired) electrons. The van der Waals surface area contributed by atoms with E-state index in [2.05, 4.69) is 39.8 Å². The average molecular weight is 299 g/mol. The second-order valence-electron chi connectivity index (χ2n) is 9.45. The minimum Gasteiger partial charge on any atom is -0.0802 e. The fourth-order valence-electron chi connectivity index (χ4n) is 7.10. The number of allylic oxidation sites excluding steroid dienone is 4. The Balaban J connectivity index is 1.62. The van der Waals surface area contributed by atoms with Gasteiger partial charge in [0.2, 0.25) is 0 Å². The van der Waals surface area contributed by atoms with Gasteiger partial charge in [0, 0.05) is 0 Å². The maximum Gasteiger partial charge on any atom is -0.0131 e. The summed E-state index contributed by atoms with van der Waals surface area (Å²) in [6.07, 6.45) is 15.4. The van der Waals surface area contributed by atoms with E-state index < -0.39 is 0 Å². The molecule has 0 nitrogen and oxygen atoms in total. The normalized spacial score (nSPS) is 47.4. The Bertz CT molecular complexity index is 508. The molecule has 0 heteroatoms. The molecular formula is C22H34. The zero-order chi connectivity index (χ0) is 15.5. The van der Waals surface area contributed by atoms with Crippen molar-refractivity contribution in [2.75, 3.05) is 0 Å². The van der Waals surface area contributed by atoms with Crippen LogP contribution in [0.2, 0.25) is 0 Å². The van der Waals surface area contributed by atoms with Crippen LogP contribution in [0.3, 0.4) is 0 Å². The minimum absolute atomic E-state index is 0.652. The van der Waals surface area contributed by atoms with Crippen LogP contribution in [0.25, 0.3) is 0 Å². The van der Waals surface area contributed by atoms with Gasteiger partial charge in [0.05, 0.1) is 0 Å². The number of rotatable bonds is 1. The van der Waals surface area contributed by atoms with Crippen molar-refractivity contribution in [3.63, 3.8) is 0 Å². The van der Waals surface area contributed by atoms with Gasteiger partial charge >= 0.3 is 0 Å². The predicted molar refractivity (Wildman–Crippen MR) is 94.6 cm³/mol. The second kappa shape index (κ2) is 5.25. The molecule has 0 aromatic heterocycles. The lowest BCUT2D eigenvalue weighted by atomic mass is 9.52. The summed E-state index contributed by atoms with van der Waals surface area (Å²) in [7, 11) is 0. The summed E-state index contributed by atoms with van der Waals surface area (Å²) in [6, 6.07) is 0. The summed E-state index contributed by atoms with van der Waals surface area (Å²) >= 11 is 0. The smallest absolute Gasteiger partial charge is 0.0131 e. The SMILES string of the molecule is CC1C=C2CCC3C(CCC4(C)C(C(C)C)CCC34)C2=CC1. The quantitative estimate of drug-likeness (QED) is 0.526. The molecular weight excluding hydrogens is 264 g/mol. The van der Waals surface area contributed by atoms with Gasteiger partial charge in [-0.15, -0.1) is 0 Å². The fraction of sp³-hybridized carbons (Fsp3) is 0.818. The Morgan fingerprint density at radius 1 is 1.14 bits per heavy atom. The maximum absolute atomic E-state index is 2.66. The molecule has 0 bridgehead atoms. The van der Waals surface area contributed by atoms with Gasteiger partial charge in [-0.2, -0.15) is 0 Å². The Kier molecular flexibility index (Phi) is 3.59. The zero-order valence-electron chi connectivity index (χ0n) is 15.1. The summed E-state index contributed by atoms with van der Waals surface area (Å²) in [5.41, 5.74) is 4.19. The van der Waals surface area contributed by atoms with Gasteiger partial charge < -0.3 is 0 Å². The summed E-state index contributed by atoms with van der Waals surface area (Å²) < 4.78 is 0. The first-order valence-corrected chi connectivity index (χ1v) is 9.92. The molecule has 0 N–H and O–H groups in total. The molecule has 0 aliphatic heterocycles. The van der Waals surface area contributed by atoms with Gasteiger partial charge in [0.1, 0.15) is 0 Å². The third-order valence-electron chi connectivity index (χ3n) is 8.03. The van der Waals surface area contributed by atoms with E-state index in [1.165, 1.54) is 44.9 Å². The molecule has 4 aliphatic carbocycles. The highest BCUT2D eigenvalue weighted by Gasteiger charge is 2.55. The van der Waals surface area contributed by atoms with Gasteiger partial charge in [-0.3, -0.25) is 0 Å². The lowest BCUT2D eigenvalue weighted by Crippen LogP contribution is -2.44. The van der Waals surface area contributed by atoms with Gasteiger partial charge in [0.15, 0.2) is 0 Å². The van der Waals surface area contributed by atoms with Crippen LogP contribution in [0, 0.1) is 40.9 Å². The molecule has 0 heterocycles. The van der Waals surface area contributed by atoms with E-state index in [4.69, 9.17) is 0 Å². The highest BCUT2D eigenvalue weighted by molar-refractivity contribution is 5.39. The lowest BCUT2D eigenvalue weighted by Gasteiger charge is -2.53. The first-order chi connectivity index (χ1) is 10.5. The van der Waals surface area contributed by atoms with Gasteiger partial charge in [-0.05, 0) is 97.0 Å². The highest BCUT2D eigenvalue weighted by Crippen LogP contribution is 2.64. The molecule has 0 spiro atoms. The predicted octanol–water partition coefficient (Wildman–Crippen LogP) is 6.39. The second-order valence-corrected chi connectivity index (χ2v) is 9.45. The van der Waals surface area contributed by atoms with E-state index in [9.17, 15) is 0 Å². The van der Waals surface area contributed by atoms with E-state index in [0.717, 1.165) is 35.5 Å². The van der Waals surface area contributed by atoms with Gasteiger partial charge in [-0.25, -0.2) is 0 Å². The standard InChI is InChI=1S/C22H34/c1-14(2)20-9-10-21-19-8-6-16-13-15(3)5-7-17(16)18(19)11-12-22(20,21)4/h7,13-15,18-21H,5-6,8-12H2,1-4H3. The lowest BCUT2D eigenvalue weighted by molar-refractivity contribution is 0.00218. The largest absolute Gasteiger partial charge is 0.0802 e. The Hall–Kier alpha value is -0.520. The third-order valence-corrected chi connectivity index (χ3v) is 8.03. The molecule has 122 valence electrons. The van der Waals surface area contributed by atoms with Crippen molar-refractivity contribution in [1.29, 1.82) is 0 Å². The molecule has 3 saturated carbocycles. The summed E-state index contributed by atoms with van der Waals surface area (Å²) in [4.78, 5) is 0. The molecule has 22 heavy (non-hydrogen) atoms. The van der Waals surface area contributed by atoms with Gasteiger partial charge in [-0.1, -0.05) is 39.8 Å². The van der Waals surface area contributed by atoms with Crippen molar-refractivity contribution in [1.82, 2.24) is 0 Å². The van der Waals surface area contributed by atoms with E-state index in [0.29, 0.717) is 5.41 Å². The van der Waals surface area contributed by atoms with Crippen molar-refractivity contribution in [2.24, 2.45) is 40.9 Å². The van der Waals surface area contributed by atoms with E-state index in [-0.39, 0.29) is 0 Å². The Morgan fingerprint density at radius 2 is 1.95 bits per heavy atom.